The van der Waals surface area contributed by atoms with Crippen LogP contribution in [0.1, 0.15) is 45.1 Å². The Bertz CT molecular complexity index is 1100. The molecule has 1 aliphatic heterocycles. The lowest BCUT2D eigenvalue weighted by atomic mass is 9.84. The Morgan fingerprint density at radius 1 is 1.14 bits per heavy atom. The molecule has 6 heteroatoms. The van der Waals surface area contributed by atoms with E-state index in [1.54, 1.807) is 16.8 Å². The van der Waals surface area contributed by atoms with Gasteiger partial charge in [-0.05, 0) is 50.6 Å². The van der Waals surface area contributed by atoms with Crippen LogP contribution in [0.3, 0.4) is 0 Å². The zero-order chi connectivity index (χ0) is 20.0. The quantitative estimate of drug-likeness (QED) is 0.652. The number of hydrogen-bond acceptors (Lipinski definition) is 3. The third kappa shape index (κ3) is 3.12. The van der Waals surface area contributed by atoms with Gasteiger partial charge in [0.2, 0.25) is 5.91 Å². The summed E-state index contributed by atoms with van der Waals surface area (Å²) in [5, 5.41) is 8.11. The van der Waals surface area contributed by atoms with Gasteiger partial charge in [0.25, 0.3) is 0 Å². The maximum atomic E-state index is 13.3. The standard InChI is InChI=1S/C22H20ClN3O2/c1-12-4-9-17(13(2)10-12)21(28)18-11-19(27)24-22-20(18)14(3)25-26(22)16-7-5-15(23)6-8-16/h4-10,18H,11H2,1-3H3,(H,24,27). The summed E-state index contributed by atoms with van der Waals surface area (Å²) in [4.78, 5) is 25.8. The van der Waals surface area contributed by atoms with Crippen LogP contribution in [-0.4, -0.2) is 21.5 Å². The second-order valence-electron chi connectivity index (χ2n) is 7.22. The number of Topliss-reactive ketones (excluding diaryl/α,β-unsaturated/α-hetero) is 1. The normalized spacial score (nSPS) is 15.9. The maximum Gasteiger partial charge on any atom is 0.226 e. The van der Waals surface area contributed by atoms with Crippen molar-refractivity contribution in [3.63, 3.8) is 0 Å². The van der Waals surface area contributed by atoms with E-state index in [1.165, 1.54) is 0 Å². The number of nitrogens with one attached hydrogen (secondary N) is 1. The average molecular weight is 394 g/mol. The highest BCUT2D eigenvalue weighted by atomic mass is 35.5. The lowest BCUT2D eigenvalue weighted by molar-refractivity contribution is -0.116. The van der Waals surface area contributed by atoms with E-state index in [4.69, 9.17) is 11.6 Å². The first-order chi connectivity index (χ1) is 13.3. The molecule has 28 heavy (non-hydrogen) atoms. The van der Waals surface area contributed by atoms with Crippen LogP contribution in [0.15, 0.2) is 42.5 Å². The molecule has 2 heterocycles. The zero-order valence-electron chi connectivity index (χ0n) is 15.9. The summed E-state index contributed by atoms with van der Waals surface area (Å²) in [6, 6.07) is 13.0. The minimum Gasteiger partial charge on any atom is -0.310 e. The fourth-order valence-electron chi connectivity index (χ4n) is 3.82. The van der Waals surface area contributed by atoms with Gasteiger partial charge in [-0.1, -0.05) is 35.4 Å². The van der Waals surface area contributed by atoms with Crippen LogP contribution >= 0.6 is 11.6 Å². The van der Waals surface area contributed by atoms with Crippen molar-refractivity contribution in [2.24, 2.45) is 0 Å². The minimum absolute atomic E-state index is 0.0487. The molecule has 0 bridgehead atoms. The fraction of sp³-hybridized carbons (Fsp3) is 0.227. The Morgan fingerprint density at radius 3 is 2.54 bits per heavy atom. The minimum atomic E-state index is -0.550. The summed E-state index contributed by atoms with van der Waals surface area (Å²) in [6.07, 6.45) is 0.117. The Hall–Kier alpha value is -2.92. The predicted octanol–water partition coefficient (Wildman–Crippen LogP) is 4.76. The van der Waals surface area contributed by atoms with Gasteiger partial charge in [-0.3, -0.25) is 9.59 Å². The largest absolute Gasteiger partial charge is 0.310 e. The van der Waals surface area contributed by atoms with Gasteiger partial charge in [0, 0.05) is 22.6 Å². The molecule has 0 radical (unpaired) electrons. The third-order valence-electron chi connectivity index (χ3n) is 5.14. The number of hydrogen-bond donors (Lipinski definition) is 1. The second-order valence-corrected chi connectivity index (χ2v) is 7.66. The van der Waals surface area contributed by atoms with Crippen molar-refractivity contribution < 1.29 is 9.59 Å². The zero-order valence-corrected chi connectivity index (χ0v) is 16.7. The van der Waals surface area contributed by atoms with Gasteiger partial charge in [0.15, 0.2) is 5.78 Å². The lowest BCUT2D eigenvalue weighted by Gasteiger charge is -2.23. The molecule has 1 aromatic heterocycles. The maximum absolute atomic E-state index is 13.3. The number of halogens is 1. The molecule has 1 atom stereocenters. The number of rotatable bonds is 3. The first-order valence-corrected chi connectivity index (χ1v) is 9.49. The number of amides is 1. The molecular formula is C22H20ClN3O2. The van der Waals surface area contributed by atoms with E-state index >= 15 is 0 Å². The van der Waals surface area contributed by atoms with Crippen molar-refractivity contribution in [2.75, 3.05) is 5.32 Å². The van der Waals surface area contributed by atoms with Gasteiger partial charge in [0.1, 0.15) is 5.82 Å². The van der Waals surface area contributed by atoms with E-state index in [0.29, 0.717) is 16.4 Å². The van der Waals surface area contributed by atoms with Gasteiger partial charge in [-0.15, -0.1) is 0 Å². The Balaban J connectivity index is 1.82. The summed E-state index contributed by atoms with van der Waals surface area (Å²) < 4.78 is 1.67. The number of aryl methyl sites for hydroxylation is 3. The van der Waals surface area contributed by atoms with E-state index in [2.05, 4.69) is 10.4 Å². The number of anilines is 1. The van der Waals surface area contributed by atoms with Gasteiger partial charge >= 0.3 is 0 Å². The molecule has 142 valence electrons. The highest BCUT2D eigenvalue weighted by Crippen LogP contribution is 2.38. The first kappa shape index (κ1) is 18.4. The summed E-state index contributed by atoms with van der Waals surface area (Å²) in [7, 11) is 0. The molecule has 1 unspecified atom stereocenters. The van der Waals surface area contributed by atoms with Crippen LogP contribution in [0.4, 0.5) is 5.82 Å². The topological polar surface area (TPSA) is 64.0 Å². The van der Waals surface area contributed by atoms with Crippen molar-refractivity contribution in [2.45, 2.75) is 33.1 Å². The summed E-state index contributed by atoms with van der Waals surface area (Å²) >= 11 is 5.99. The van der Waals surface area contributed by atoms with Crippen molar-refractivity contribution in [3.8, 4) is 5.69 Å². The number of carbonyl (C=O) groups excluding carboxylic acids is 2. The van der Waals surface area contributed by atoms with Gasteiger partial charge in [-0.2, -0.15) is 5.10 Å². The molecule has 0 aliphatic carbocycles. The molecule has 1 aliphatic rings. The molecule has 0 saturated carbocycles. The van der Waals surface area contributed by atoms with Crippen LogP contribution in [0, 0.1) is 20.8 Å². The second kappa shape index (κ2) is 6.91. The molecular weight excluding hydrogens is 374 g/mol. The number of nitrogens with zero attached hydrogens (tertiary/aromatic N) is 2. The lowest BCUT2D eigenvalue weighted by Crippen LogP contribution is -2.28. The smallest absolute Gasteiger partial charge is 0.226 e. The van der Waals surface area contributed by atoms with E-state index in [9.17, 15) is 9.59 Å². The fourth-order valence-corrected chi connectivity index (χ4v) is 3.94. The van der Waals surface area contributed by atoms with Crippen LogP contribution in [0.2, 0.25) is 5.02 Å². The van der Waals surface area contributed by atoms with E-state index in [-0.39, 0.29) is 18.1 Å². The number of fused-ring (bicyclic) bond motifs is 1. The number of ketones is 1. The number of carbonyl (C=O) groups is 2. The van der Waals surface area contributed by atoms with Gasteiger partial charge < -0.3 is 5.32 Å². The Kier molecular flexibility index (Phi) is 4.55. The van der Waals surface area contributed by atoms with Crippen LogP contribution in [-0.2, 0) is 4.79 Å². The highest BCUT2D eigenvalue weighted by molar-refractivity contribution is 6.30. The van der Waals surface area contributed by atoms with E-state index in [0.717, 1.165) is 28.1 Å². The summed E-state index contributed by atoms with van der Waals surface area (Å²) in [6.45, 7) is 5.78. The molecule has 4 rings (SSSR count). The van der Waals surface area contributed by atoms with Crippen molar-refractivity contribution in [1.82, 2.24) is 9.78 Å². The first-order valence-electron chi connectivity index (χ1n) is 9.12. The molecule has 3 aromatic rings. The van der Waals surface area contributed by atoms with E-state index < -0.39 is 5.92 Å². The molecule has 0 fully saturated rings. The Morgan fingerprint density at radius 2 is 1.86 bits per heavy atom. The van der Waals surface area contributed by atoms with Gasteiger partial charge in [-0.25, -0.2) is 4.68 Å². The SMILES string of the molecule is Cc1ccc(C(=O)C2CC(=O)Nc3c2c(C)nn3-c2ccc(Cl)cc2)c(C)c1. The van der Waals surface area contributed by atoms with Crippen molar-refractivity contribution >= 4 is 29.1 Å². The molecule has 1 amide bonds. The molecule has 0 spiro atoms. The van der Waals surface area contributed by atoms with E-state index in [1.807, 2.05) is 51.1 Å². The van der Waals surface area contributed by atoms with Gasteiger partial charge in [0.05, 0.1) is 17.3 Å². The highest BCUT2D eigenvalue weighted by Gasteiger charge is 2.36. The summed E-state index contributed by atoms with van der Waals surface area (Å²) in [5.74, 6) is -0.233. The molecule has 1 N–H and O–H groups in total. The molecule has 5 nitrogen and oxygen atoms in total. The predicted molar refractivity (Wildman–Crippen MR) is 110 cm³/mol. The molecule has 0 saturated heterocycles. The van der Waals surface area contributed by atoms with Crippen molar-refractivity contribution in [3.05, 3.63) is 75.4 Å². The van der Waals surface area contributed by atoms with Crippen LogP contribution in [0.25, 0.3) is 5.69 Å². The van der Waals surface area contributed by atoms with Crippen LogP contribution in [0.5, 0.6) is 0 Å². The van der Waals surface area contributed by atoms with Crippen LogP contribution < -0.4 is 5.32 Å². The third-order valence-corrected chi connectivity index (χ3v) is 5.39. The average Bonchev–Trinajstić information content (AvgIpc) is 2.97. The molecule has 2 aromatic carbocycles. The number of aromatic nitrogens is 2. The van der Waals surface area contributed by atoms with Crippen molar-refractivity contribution in [1.29, 1.82) is 0 Å². The summed E-state index contributed by atoms with van der Waals surface area (Å²) in [5.41, 5.74) is 4.94. The Labute approximate surface area is 168 Å². The monoisotopic (exact) mass is 393 g/mol. The number of benzene rings is 2.